The summed E-state index contributed by atoms with van der Waals surface area (Å²) in [6.45, 7) is 4.49. The van der Waals surface area contributed by atoms with Crippen LogP contribution in [0.25, 0.3) is 0 Å². The van der Waals surface area contributed by atoms with E-state index in [0.717, 1.165) is 32.7 Å². The van der Waals surface area contributed by atoms with Crippen LogP contribution in [0, 0.1) is 0 Å². The molecule has 0 aromatic heterocycles. The Morgan fingerprint density at radius 1 is 1.18 bits per heavy atom. The van der Waals surface area contributed by atoms with E-state index in [9.17, 15) is 8.42 Å². The molecule has 0 radical (unpaired) electrons. The van der Waals surface area contributed by atoms with Crippen molar-refractivity contribution >= 4 is 10.2 Å². The monoisotopic (exact) mass is 265 g/mol. The van der Waals surface area contributed by atoms with Gasteiger partial charge in [-0.05, 0) is 6.42 Å². The maximum absolute atomic E-state index is 11.9. The predicted octanol–water partition coefficient (Wildman–Crippen LogP) is -0.553. The van der Waals surface area contributed by atoms with Gasteiger partial charge in [0.05, 0.1) is 0 Å². The predicted molar refractivity (Wildman–Crippen MR) is 67.1 cm³/mol. The summed E-state index contributed by atoms with van der Waals surface area (Å²) in [7, 11) is 1.60. The molecular formula is C10H23N3O3S. The SMILES string of the molecule is COCCCN1CCN(S(=O)(=O)N(C)C)CC1. The maximum Gasteiger partial charge on any atom is 0.281 e. The molecule has 0 aliphatic carbocycles. The van der Waals surface area contributed by atoms with Crippen molar-refractivity contribution < 1.29 is 13.2 Å². The van der Waals surface area contributed by atoms with Gasteiger partial charge in [0.15, 0.2) is 0 Å². The second-order valence-corrected chi connectivity index (χ2v) is 6.52. The molecule has 17 heavy (non-hydrogen) atoms. The molecule has 1 aliphatic rings. The lowest BCUT2D eigenvalue weighted by Crippen LogP contribution is -2.51. The number of ether oxygens (including phenoxy) is 1. The van der Waals surface area contributed by atoms with Gasteiger partial charge in [-0.25, -0.2) is 0 Å². The third kappa shape index (κ3) is 4.18. The van der Waals surface area contributed by atoms with Gasteiger partial charge in [0.2, 0.25) is 0 Å². The Morgan fingerprint density at radius 3 is 2.24 bits per heavy atom. The molecule has 0 bridgehead atoms. The lowest BCUT2D eigenvalue weighted by Gasteiger charge is -2.35. The van der Waals surface area contributed by atoms with Crippen LogP contribution in [-0.4, -0.2) is 82.5 Å². The second kappa shape index (κ2) is 6.65. The second-order valence-electron chi connectivity index (χ2n) is 4.38. The summed E-state index contributed by atoms with van der Waals surface area (Å²) in [4.78, 5) is 2.28. The minimum absolute atomic E-state index is 0.577. The highest BCUT2D eigenvalue weighted by Crippen LogP contribution is 2.09. The molecule has 0 aromatic carbocycles. The van der Waals surface area contributed by atoms with Crippen LogP contribution in [0.3, 0.4) is 0 Å². The smallest absolute Gasteiger partial charge is 0.281 e. The Morgan fingerprint density at radius 2 is 1.76 bits per heavy atom. The molecule has 7 heteroatoms. The van der Waals surface area contributed by atoms with Gasteiger partial charge in [0.1, 0.15) is 0 Å². The Hall–Kier alpha value is -0.210. The van der Waals surface area contributed by atoms with Gasteiger partial charge in [-0.2, -0.15) is 17.0 Å². The van der Waals surface area contributed by atoms with E-state index in [1.54, 1.807) is 25.5 Å². The van der Waals surface area contributed by atoms with Gasteiger partial charge in [-0.15, -0.1) is 0 Å². The third-order valence-corrected chi connectivity index (χ3v) is 4.88. The highest BCUT2D eigenvalue weighted by Gasteiger charge is 2.28. The first-order valence-corrected chi connectivity index (χ1v) is 7.27. The third-order valence-electron chi connectivity index (χ3n) is 2.94. The fourth-order valence-corrected chi connectivity index (χ4v) is 2.93. The van der Waals surface area contributed by atoms with Crippen molar-refractivity contribution in [3.63, 3.8) is 0 Å². The Kier molecular flexibility index (Phi) is 5.81. The molecule has 6 nitrogen and oxygen atoms in total. The van der Waals surface area contributed by atoms with Crippen molar-refractivity contribution in [1.29, 1.82) is 0 Å². The van der Waals surface area contributed by atoms with E-state index in [1.165, 1.54) is 4.31 Å². The van der Waals surface area contributed by atoms with E-state index in [4.69, 9.17) is 4.74 Å². The summed E-state index contributed by atoms with van der Waals surface area (Å²) in [5, 5.41) is 0. The zero-order valence-electron chi connectivity index (χ0n) is 10.9. The van der Waals surface area contributed by atoms with Crippen LogP contribution in [0.1, 0.15) is 6.42 Å². The molecule has 0 saturated carbocycles. The number of methoxy groups -OCH3 is 1. The number of rotatable bonds is 6. The highest BCUT2D eigenvalue weighted by atomic mass is 32.2. The molecule has 0 amide bonds. The molecule has 0 N–H and O–H groups in total. The van der Waals surface area contributed by atoms with Gasteiger partial charge in [0, 0.05) is 60.5 Å². The molecule has 1 rings (SSSR count). The molecule has 1 fully saturated rings. The maximum atomic E-state index is 11.9. The first-order chi connectivity index (χ1) is 7.98. The molecule has 0 unspecified atom stereocenters. The zero-order chi connectivity index (χ0) is 12.9. The molecule has 0 atom stereocenters. The molecular weight excluding hydrogens is 242 g/mol. The van der Waals surface area contributed by atoms with Crippen molar-refractivity contribution in [2.24, 2.45) is 0 Å². The van der Waals surface area contributed by atoms with Crippen LogP contribution in [0.4, 0.5) is 0 Å². The molecule has 1 saturated heterocycles. The Balaban J connectivity index is 2.36. The average Bonchev–Trinajstić information content (AvgIpc) is 2.30. The summed E-state index contributed by atoms with van der Waals surface area (Å²) < 4.78 is 31.5. The van der Waals surface area contributed by atoms with Crippen LogP contribution in [-0.2, 0) is 14.9 Å². The van der Waals surface area contributed by atoms with E-state index in [-0.39, 0.29) is 0 Å². The summed E-state index contributed by atoms with van der Waals surface area (Å²) in [5.41, 5.74) is 0. The first kappa shape index (κ1) is 14.8. The van der Waals surface area contributed by atoms with E-state index in [2.05, 4.69) is 4.90 Å². The topological polar surface area (TPSA) is 53.1 Å². The van der Waals surface area contributed by atoms with Crippen LogP contribution >= 0.6 is 0 Å². The van der Waals surface area contributed by atoms with Crippen LogP contribution < -0.4 is 0 Å². The number of hydrogen-bond donors (Lipinski definition) is 0. The number of hydrogen-bond acceptors (Lipinski definition) is 4. The van der Waals surface area contributed by atoms with Crippen LogP contribution in [0.5, 0.6) is 0 Å². The first-order valence-electron chi connectivity index (χ1n) is 5.87. The molecule has 0 aromatic rings. The minimum Gasteiger partial charge on any atom is -0.385 e. The van der Waals surface area contributed by atoms with Gasteiger partial charge in [-0.3, -0.25) is 0 Å². The standard InChI is InChI=1S/C10H23N3O3S/c1-11(2)17(14,15)13-8-6-12(7-9-13)5-4-10-16-3/h4-10H2,1-3H3. The highest BCUT2D eigenvalue weighted by molar-refractivity contribution is 7.86. The summed E-state index contributed by atoms with van der Waals surface area (Å²) in [6, 6.07) is 0. The van der Waals surface area contributed by atoms with E-state index < -0.39 is 10.2 Å². The Bertz CT molecular complexity index is 311. The van der Waals surface area contributed by atoms with E-state index >= 15 is 0 Å². The zero-order valence-corrected chi connectivity index (χ0v) is 11.7. The fraction of sp³-hybridized carbons (Fsp3) is 1.00. The summed E-state index contributed by atoms with van der Waals surface area (Å²) in [6.07, 6.45) is 0.997. The lowest BCUT2D eigenvalue weighted by molar-refractivity contribution is 0.147. The van der Waals surface area contributed by atoms with Gasteiger partial charge >= 0.3 is 0 Å². The fourth-order valence-electron chi connectivity index (χ4n) is 1.85. The molecule has 0 spiro atoms. The summed E-state index contributed by atoms with van der Waals surface area (Å²) in [5.74, 6) is 0. The van der Waals surface area contributed by atoms with Crippen molar-refractivity contribution in [2.45, 2.75) is 6.42 Å². The van der Waals surface area contributed by atoms with Crippen LogP contribution in [0.15, 0.2) is 0 Å². The van der Waals surface area contributed by atoms with Gasteiger partial charge in [-0.1, -0.05) is 0 Å². The van der Waals surface area contributed by atoms with Gasteiger partial charge < -0.3 is 9.64 Å². The normalized spacial score (nSPS) is 20.0. The summed E-state index contributed by atoms with van der Waals surface area (Å²) >= 11 is 0. The largest absolute Gasteiger partial charge is 0.385 e. The molecule has 102 valence electrons. The molecule has 1 heterocycles. The average molecular weight is 265 g/mol. The Labute approximate surface area is 104 Å². The van der Waals surface area contributed by atoms with Crippen molar-refractivity contribution in [1.82, 2.24) is 13.5 Å². The number of piperazine rings is 1. The van der Waals surface area contributed by atoms with Gasteiger partial charge in [0.25, 0.3) is 10.2 Å². The number of nitrogens with zero attached hydrogens (tertiary/aromatic N) is 3. The van der Waals surface area contributed by atoms with E-state index in [1.807, 2.05) is 0 Å². The minimum atomic E-state index is -3.23. The lowest BCUT2D eigenvalue weighted by atomic mass is 10.3. The van der Waals surface area contributed by atoms with Crippen molar-refractivity contribution in [3.05, 3.63) is 0 Å². The van der Waals surface area contributed by atoms with Crippen molar-refractivity contribution in [3.8, 4) is 0 Å². The van der Waals surface area contributed by atoms with Crippen molar-refractivity contribution in [2.75, 3.05) is 60.5 Å². The molecule has 1 aliphatic heterocycles. The quantitative estimate of drug-likeness (QED) is 0.605. The van der Waals surface area contributed by atoms with Crippen LogP contribution in [0.2, 0.25) is 0 Å². The van der Waals surface area contributed by atoms with E-state index in [0.29, 0.717) is 13.1 Å².